The first-order valence-corrected chi connectivity index (χ1v) is 10.5. The van der Waals surface area contributed by atoms with E-state index in [1.165, 1.54) is 24.3 Å². The standard InChI is InChI=1S/C24H24N4O4/c1-5-27(6-2)17-8-10-20(14(3)11-17)25-22(29)16-7-9-18-19(13-16)24(31)28(23(18)30)21-12-15(4)32-26-21/h7-13H,5-6H2,1-4H3,(H,25,29). The first kappa shape index (κ1) is 21.3. The van der Waals surface area contributed by atoms with Gasteiger partial charge in [-0.2, -0.15) is 0 Å². The second kappa shape index (κ2) is 8.30. The molecule has 0 saturated carbocycles. The lowest BCUT2D eigenvalue weighted by Gasteiger charge is -2.22. The molecule has 0 aliphatic carbocycles. The van der Waals surface area contributed by atoms with Crippen LogP contribution in [0.1, 0.15) is 56.2 Å². The normalized spacial score (nSPS) is 12.8. The van der Waals surface area contributed by atoms with Crippen molar-refractivity contribution >= 4 is 34.9 Å². The van der Waals surface area contributed by atoms with Crippen LogP contribution in [0.2, 0.25) is 0 Å². The van der Waals surface area contributed by atoms with Gasteiger partial charge in [0.25, 0.3) is 17.7 Å². The molecule has 0 fully saturated rings. The maximum Gasteiger partial charge on any atom is 0.267 e. The van der Waals surface area contributed by atoms with Crippen LogP contribution in [0.3, 0.4) is 0 Å². The minimum atomic E-state index is -0.535. The summed E-state index contributed by atoms with van der Waals surface area (Å²) in [6.45, 7) is 9.60. The van der Waals surface area contributed by atoms with E-state index >= 15 is 0 Å². The minimum absolute atomic E-state index is 0.128. The van der Waals surface area contributed by atoms with Crippen LogP contribution in [-0.2, 0) is 0 Å². The van der Waals surface area contributed by atoms with Crippen LogP contribution in [-0.4, -0.2) is 36.0 Å². The molecule has 3 aromatic rings. The zero-order valence-corrected chi connectivity index (χ0v) is 18.4. The molecule has 1 aliphatic heterocycles. The Morgan fingerprint density at radius 3 is 2.34 bits per heavy atom. The molecule has 3 amide bonds. The van der Waals surface area contributed by atoms with Crippen LogP contribution in [0.5, 0.6) is 0 Å². The molecule has 0 unspecified atom stereocenters. The number of anilines is 3. The molecule has 0 bridgehead atoms. The van der Waals surface area contributed by atoms with E-state index in [1.54, 1.807) is 6.92 Å². The number of hydrogen-bond acceptors (Lipinski definition) is 6. The number of rotatable bonds is 6. The Morgan fingerprint density at radius 1 is 1.00 bits per heavy atom. The number of aromatic nitrogens is 1. The average Bonchev–Trinajstić information content (AvgIpc) is 3.31. The molecule has 4 rings (SSSR count). The lowest BCUT2D eigenvalue weighted by atomic mass is 10.0. The molecule has 1 aliphatic rings. The molecular formula is C24H24N4O4. The molecule has 0 saturated heterocycles. The van der Waals surface area contributed by atoms with Gasteiger partial charge in [-0.05, 0) is 69.7 Å². The second-order valence-electron chi connectivity index (χ2n) is 7.63. The quantitative estimate of drug-likeness (QED) is 0.587. The molecular weight excluding hydrogens is 408 g/mol. The number of aryl methyl sites for hydroxylation is 2. The lowest BCUT2D eigenvalue weighted by Crippen LogP contribution is -2.29. The largest absolute Gasteiger partial charge is 0.372 e. The van der Waals surface area contributed by atoms with Gasteiger partial charge >= 0.3 is 0 Å². The molecule has 2 aromatic carbocycles. The van der Waals surface area contributed by atoms with E-state index < -0.39 is 11.8 Å². The number of hydrogen-bond donors (Lipinski definition) is 1. The Hall–Kier alpha value is -3.94. The fourth-order valence-corrected chi connectivity index (χ4v) is 3.82. The topological polar surface area (TPSA) is 95.8 Å². The van der Waals surface area contributed by atoms with Crippen LogP contribution in [0.25, 0.3) is 0 Å². The summed E-state index contributed by atoms with van der Waals surface area (Å²) in [5, 5.41) is 6.66. The fourth-order valence-electron chi connectivity index (χ4n) is 3.82. The SMILES string of the molecule is CCN(CC)c1ccc(NC(=O)c2ccc3c(c2)C(=O)N(c2cc(C)on2)C3=O)c(C)c1. The van der Waals surface area contributed by atoms with Gasteiger partial charge in [0.2, 0.25) is 0 Å². The van der Waals surface area contributed by atoms with Crippen molar-refractivity contribution in [3.63, 3.8) is 0 Å². The van der Waals surface area contributed by atoms with E-state index in [2.05, 4.69) is 29.2 Å². The number of carbonyl (C=O) groups excluding carboxylic acids is 3. The molecule has 0 atom stereocenters. The molecule has 8 nitrogen and oxygen atoms in total. The molecule has 8 heteroatoms. The van der Waals surface area contributed by atoms with Crippen LogP contribution in [0.4, 0.5) is 17.2 Å². The van der Waals surface area contributed by atoms with Gasteiger partial charge in [0, 0.05) is 36.1 Å². The van der Waals surface area contributed by atoms with Crippen molar-refractivity contribution in [2.75, 3.05) is 28.2 Å². The van der Waals surface area contributed by atoms with Crippen molar-refractivity contribution in [2.45, 2.75) is 27.7 Å². The third kappa shape index (κ3) is 3.64. The Kier molecular flexibility index (Phi) is 5.52. The number of nitrogens with zero attached hydrogens (tertiary/aromatic N) is 3. The van der Waals surface area contributed by atoms with Crippen molar-refractivity contribution in [1.82, 2.24) is 5.16 Å². The van der Waals surface area contributed by atoms with Crippen molar-refractivity contribution in [3.05, 3.63) is 70.5 Å². The third-order valence-corrected chi connectivity index (χ3v) is 5.58. The summed E-state index contributed by atoms with van der Waals surface area (Å²) in [4.78, 5) is 41.6. The zero-order chi connectivity index (χ0) is 23.0. The van der Waals surface area contributed by atoms with Gasteiger partial charge in [0.15, 0.2) is 5.82 Å². The highest BCUT2D eigenvalue weighted by Crippen LogP contribution is 2.29. The van der Waals surface area contributed by atoms with Gasteiger partial charge in [0.05, 0.1) is 11.1 Å². The average molecular weight is 432 g/mol. The molecule has 1 aromatic heterocycles. The Balaban J connectivity index is 1.57. The summed E-state index contributed by atoms with van der Waals surface area (Å²) in [7, 11) is 0. The summed E-state index contributed by atoms with van der Waals surface area (Å²) in [5.74, 6) is -0.772. The lowest BCUT2D eigenvalue weighted by molar-refractivity contribution is 0.0923. The summed E-state index contributed by atoms with van der Waals surface area (Å²) in [5.41, 5.74) is 3.39. The van der Waals surface area contributed by atoms with Crippen LogP contribution >= 0.6 is 0 Å². The van der Waals surface area contributed by atoms with Gasteiger partial charge in [0.1, 0.15) is 5.76 Å². The van der Waals surface area contributed by atoms with Gasteiger partial charge in [-0.15, -0.1) is 0 Å². The predicted molar refractivity (Wildman–Crippen MR) is 122 cm³/mol. The first-order chi connectivity index (χ1) is 15.3. The number of fused-ring (bicyclic) bond motifs is 1. The highest BCUT2D eigenvalue weighted by Gasteiger charge is 2.38. The number of imide groups is 1. The monoisotopic (exact) mass is 432 g/mol. The third-order valence-electron chi connectivity index (χ3n) is 5.58. The van der Waals surface area contributed by atoms with E-state index in [9.17, 15) is 14.4 Å². The summed E-state index contributed by atoms with van der Waals surface area (Å²) in [6.07, 6.45) is 0. The molecule has 32 heavy (non-hydrogen) atoms. The van der Waals surface area contributed by atoms with E-state index in [0.29, 0.717) is 11.4 Å². The Bertz CT molecular complexity index is 1230. The smallest absolute Gasteiger partial charge is 0.267 e. The molecule has 0 spiro atoms. The predicted octanol–water partition coefficient (Wildman–Crippen LogP) is 4.19. The van der Waals surface area contributed by atoms with E-state index in [1.807, 2.05) is 25.1 Å². The van der Waals surface area contributed by atoms with Gasteiger partial charge < -0.3 is 14.7 Å². The number of amides is 3. The van der Waals surface area contributed by atoms with E-state index in [-0.39, 0.29) is 28.4 Å². The number of benzene rings is 2. The van der Waals surface area contributed by atoms with Crippen molar-refractivity contribution in [3.8, 4) is 0 Å². The van der Waals surface area contributed by atoms with Crippen molar-refractivity contribution in [1.29, 1.82) is 0 Å². The van der Waals surface area contributed by atoms with E-state index in [0.717, 1.165) is 29.2 Å². The van der Waals surface area contributed by atoms with Crippen LogP contribution < -0.4 is 15.1 Å². The van der Waals surface area contributed by atoms with Crippen molar-refractivity contribution < 1.29 is 18.9 Å². The van der Waals surface area contributed by atoms with Crippen LogP contribution in [0, 0.1) is 13.8 Å². The summed E-state index contributed by atoms with van der Waals surface area (Å²) < 4.78 is 4.99. The highest BCUT2D eigenvalue weighted by molar-refractivity contribution is 6.34. The van der Waals surface area contributed by atoms with E-state index in [4.69, 9.17) is 4.52 Å². The Morgan fingerprint density at radius 2 is 1.72 bits per heavy atom. The molecule has 1 N–H and O–H groups in total. The molecule has 0 radical (unpaired) electrons. The molecule has 2 heterocycles. The number of carbonyl (C=O) groups is 3. The van der Waals surface area contributed by atoms with Gasteiger partial charge in [-0.3, -0.25) is 14.4 Å². The van der Waals surface area contributed by atoms with Gasteiger partial charge in [-0.25, -0.2) is 4.90 Å². The zero-order valence-electron chi connectivity index (χ0n) is 18.4. The maximum absolute atomic E-state index is 12.9. The van der Waals surface area contributed by atoms with Crippen molar-refractivity contribution in [2.24, 2.45) is 0 Å². The fraction of sp³-hybridized carbons (Fsp3) is 0.250. The second-order valence-corrected chi connectivity index (χ2v) is 7.63. The summed E-state index contributed by atoms with van der Waals surface area (Å²) in [6, 6.07) is 11.9. The maximum atomic E-state index is 12.9. The Labute approximate surface area is 185 Å². The highest BCUT2D eigenvalue weighted by atomic mass is 16.5. The number of nitrogens with one attached hydrogen (secondary N) is 1. The summed E-state index contributed by atoms with van der Waals surface area (Å²) >= 11 is 0. The van der Waals surface area contributed by atoms with Crippen LogP contribution in [0.15, 0.2) is 47.0 Å². The minimum Gasteiger partial charge on any atom is -0.372 e. The first-order valence-electron chi connectivity index (χ1n) is 10.5. The molecule has 164 valence electrons. The van der Waals surface area contributed by atoms with Gasteiger partial charge in [-0.1, -0.05) is 5.16 Å².